The van der Waals surface area contributed by atoms with E-state index in [0.717, 1.165) is 19.3 Å². The normalized spacial score (nSPS) is 28.8. The maximum absolute atomic E-state index is 13.4. The molecule has 0 heterocycles. The number of hydrogen-bond acceptors (Lipinski definition) is 2. The molecule has 1 spiro atoms. The molecule has 2 N–H and O–H groups in total. The van der Waals surface area contributed by atoms with Crippen LogP contribution >= 0.6 is 15.9 Å². The monoisotopic (exact) mass is 341 g/mol. The molecular weight excluding hydrogens is 321 g/mol. The van der Waals surface area contributed by atoms with Gasteiger partial charge in [0.05, 0.1) is 0 Å². The third-order valence-corrected chi connectivity index (χ3v) is 5.45. The molecule has 3 rings (SSSR count). The largest absolute Gasteiger partial charge is 0.490 e. The molecule has 0 aliphatic heterocycles. The quantitative estimate of drug-likeness (QED) is 0.864. The van der Waals surface area contributed by atoms with Gasteiger partial charge in [-0.05, 0) is 25.0 Å². The van der Waals surface area contributed by atoms with Crippen molar-refractivity contribution in [3.05, 3.63) is 28.5 Å². The first-order chi connectivity index (χ1) is 9.60. The second-order valence-corrected chi connectivity index (χ2v) is 7.12. The fraction of sp³-hybridized carbons (Fsp3) is 0.625. The minimum Gasteiger partial charge on any atom is -0.490 e. The summed E-state index contributed by atoms with van der Waals surface area (Å²) in [5, 5.41) is 0. The lowest BCUT2D eigenvalue weighted by atomic mass is 9.58. The van der Waals surface area contributed by atoms with Crippen LogP contribution in [0.2, 0.25) is 0 Å². The molecule has 4 heteroatoms. The van der Waals surface area contributed by atoms with E-state index in [9.17, 15) is 4.39 Å². The van der Waals surface area contributed by atoms with Crippen molar-refractivity contribution in [1.29, 1.82) is 0 Å². The average molecular weight is 342 g/mol. The van der Waals surface area contributed by atoms with E-state index >= 15 is 0 Å². The minimum absolute atomic E-state index is 0.120. The summed E-state index contributed by atoms with van der Waals surface area (Å²) >= 11 is 3.31. The molecule has 2 saturated carbocycles. The van der Waals surface area contributed by atoms with Crippen LogP contribution in [0.1, 0.15) is 44.9 Å². The maximum Gasteiger partial charge on any atom is 0.128 e. The van der Waals surface area contributed by atoms with Crippen LogP contribution in [0.15, 0.2) is 22.7 Å². The molecule has 20 heavy (non-hydrogen) atoms. The van der Waals surface area contributed by atoms with Gasteiger partial charge in [0.1, 0.15) is 17.7 Å². The van der Waals surface area contributed by atoms with Gasteiger partial charge in [0.2, 0.25) is 0 Å². The fourth-order valence-corrected chi connectivity index (χ4v) is 4.23. The lowest BCUT2D eigenvalue weighted by Gasteiger charge is -2.54. The van der Waals surface area contributed by atoms with Gasteiger partial charge in [0.15, 0.2) is 0 Å². The molecule has 0 saturated heterocycles. The maximum atomic E-state index is 13.4. The van der Waals surface area contributed by atoms with E-state index in [1.165, 1.54) is 37.8 Å². The first kappa shape index (κ1) is 14.3. The predicted molar refractivity (Wildman–Crippen MR) is 81.2 cm³/mol. The molecule has 0 aromatic heterocycles. The Morgan fingerprint density at radius 2 is 1.85 bits per heavy atom. The Kier molecular flexibility index (Phi) is 4.04. The molecule has 2 aliphatic rings. The smallest absolute Gasteiger partial charge is 0.128 e. The van der Waals surface area contributed by atoms with Crippen LogP contribution in [0.4, 0.5) is 4.39 Å². The molecule has 1 aromatic carbocycles. The third kappa shape index (κ3) is 2.60. The lowest BCUT2D eigenvalue weighted by Crippen LogP contribution is -2.63. The summed E-state index contributed by atoms with van der Waals surface area (Å²) in [5.74, 6) is 0.338. The van der Waals surface area contributed by atoms with Gasteiger partial charge in [-0.15, -0.1) is 0 Å². The van der Waals surface area contributed by atoms with Crippen molar-refractivity contribution in [2.75, 3.05) is 0 Å². The van der Waals surface area contributed by atoms with Crippen molar-refractivity contribution in [2.45, 2.75) is 57.1 Å². The summed E-state index contributed by atoms with van der Waals surface area (Å²) < 4.78 is 20.2. The van der Waals surface area contributed by atoms with E-state index in [1.54, 1.807) is 0 Å². The van der Waals surface area contributed by atoms with Gasteiger partial charge in [0, 0.05) is 28.4 Å². The summed E-state index contributed by atoms with van der Waals surface area (Å²) in [6.45, 7) is 0. The number of rotatable bonds is 2. The number of hydrogen-bond donors (Lipinski definition) is 1. The molecule has 2 nitrogen and oxygen atoms in total. The van der Waals surface area contributed by atoms with Gasteiger partial charge < -0.3 is 10.5 Å². The van der Waals surface area contributed by atoms with Crippen molar-refractivity contribution in [1.82, 2.24) is 0 Å². The highest BCUT2D eigenvalue weighted by Gasteiger charge is 2.54. The van der Waals surface area contributed by atoms with E-state index in [0.29, 0.717) is 10.2 Å². The van der Waals surface area contributed by atoms with Crippen LogP contribution in [-0.2, 0) is 0 Å². The molecule has 2 fully saturated rings. The van der Waals surface area contributed by atoms with Crippen LogP contribution in [0.5, 0.6) is 5.75 Å². The first-order valence-corrected chi connectivity index (χ1v) is 8.28. The Morgan fingerprint density at radius 3 is 2.45 bits per heavy atom. The number of benzene rings is 1. The summed E-state index contributed by atoms with van der Waals surface area (Å²) in [5.41, 5.74) is 6.42. The third-order valence-electron chi connectivity index (χ3n) is 5.00. The lowest BCUT2D eigenvalue weighted by molar-refractivity contribution is -0.0771. The number of ether oxygens (including phenoxy) is 1. The number of halogens is 2. The molecular formula is C16H21BrFNO. The minimum atomic E-state index is -0.270. The van der Waals surface area contributed by atoms with E-state index < -0.39 is 0 Å². The first-order valence-electron chi connectivity index (χ1n) is 7.48. The van der Waals surface area contributed by atoms with Crippen molar-refractivity contribution in [2.24, 2.45) is 11.1 Å². The molecule has 110 valence electrons. The molecule has 0 amide bonds. The van der Waals surface area contributed by atoms with Crippen LogP contribution in [-0.4, -0.2) is 12.1 Å². The number of nitrogens with two attached hydrogens (primary N) is 1. The van der Waals surface area contributed by atoms with Crippen LogP contribution < -0.4 is 10.5 Å². The molecule has 2 aliphatic carbocycles. The fourth-order valence-electron chi connectivity index (χ4n) is 3.78. The Hall–Kier alpha value is -0.610. The molecule has 1 aromatic rings. The van der Waals surface area contributed by atoms with Gasteiger partial charge in [-0.3, -0.25) is 0 Å². The molecule has 2 unspecified atom stereocenters. The van der Waals surface area contributed by atoms with Gasteiger partial charge >= 0.3 is 0 Å². The second-order valence-electron chi connectivity index (χ2n) is 6.20. The standard InChI is InChI=1S/C16H21BrFNO/c17-11-7-12(18)9-13(8-11)20-15-10-14(19)16(15)5-3-1-2-4-6-16/h7-9,14-15H,1-6,10,19H2. The van der Waals surface area contributed by atoms with Crippen molar-refractivity contribution >= 4 is 15.9 Å². The highest BCUT2D eigenvalue weighted by atomic mass is 79.9. The van der Waals surface area contributed by atoms with Crippen molar-refractivity contribution in [3.8, 4) is 5.75 Å². The van der Waals surface area contributed by atoms with Crippen LogP contribution in [0.25, 0.3) is 0 Å². The van der Waals surface area contributed by atoms with Crippen LogP contribution in [0.3, 0.4) is 0 Å². The van der Waals surface area contributed by atoms with Crippen LogP contribution in [0, 0.1) is 11.2 Å². The zero-order chi connectivity index (χ0) is 14.2. The average Bonchev–Trinajstić information content (AvgIpc) is 2.65. The molecule has 0 bridgehead atoms. The predicted octanol–water partition coefficient (Wildman–Crippen LogP) is 4.41. The second kappa shape index (κ2) is 5.64. The summed E-state index contributed by atoms with van der Waals surface area (Å²) in [6.07, 6.45) is 8.39. The molecule has 2 atom stereocenters. The Bertz CT molecular complexity index is 465. The summed E-state index contributed by atoms with van der Waals surface area (Å²) in [4.78, 5) is 0. The van der Waals surface area contributed by atoms with Gasteiger partial charge in [-0.2, -0.15) is 0 Å². The van der Waals surface area contributed by atoms with Gasteiger partial charge in [0.25, 0.3) is 0 Å². The topological polar surface area (TPSA) is 35.2 Å². The Morgan fingerprint density at radius 1 is 1.15 bits per heavy atom. The highest BCUT2D eigenvalue weighted by Crippen LogP contribution is 2.51. The highest BCUT2D eigenvalue weighted by molar-refractivity contribution is 9.10. The van der Waals surface area contributed by atoms with E-state index in [-0.39, 0.29) is 23.4 Å². The van der Waals surface area contributed by atoms with E-state index in [1.807, 2.05) is 6.07 Å². The van der Waals surface area contributed by atoms with Gasteiger partial charge in [-0.25, -0.2) is 4.39 Å². The van der Waals surface area contributed by atoms with Gasteiger partial charge in [-0.1, -0.05) is 41.6 Å². The van der Waals surface area contributed by atoms with Crippen molar-refractivity contribution < 1.29 is 9.13 Å². The van der Waals surface area contributed by atoms with E-state index in [4.69, 9.17) is 10.5 Å². The van der Waals surface area contributed by atoms with Crippen molar-refractivity contribution in [3.63, 3.8) is 0 Å². The molecule has 0 radical (unpaired) electrons. The zero-order valence-electron chi connectivity index (χ0n) is 11.6. The summed E-state index contributed by atoms with van der Waals surface area (Å²) in [7, 11) is 0. The summed E-state index contributed by atoms with van der Waals surface area (Å²) in [6, 6.07) is 4.97. The van der Waals surface area contributed by atoms with E-state index in [2.05, 4.69) is 15.9 Å². The SMILES string of the molecule is NC1CC(Oc2cc(F)cc(Br)c2)C12CCCCCC2. The Labute approximate surface area is 128 Å². The Balaban J connectivity index is 1.76. The zero-order valence-corrected chi connectivity index (χ0v) is 13.2.